The fourth-order valence-corrected chi connectivity index (χ4v) is 18.5. The maximum absolute atomic E-state index is 4.01. The molecule has 30 heavy (non-hydrogen) atoms. The summed E-state index contributed by atoms with van der Waals surface area (Å²) in [6.45, 7) is 0. The summed E-state index contributed by atoms with van der Waals surface area (Å²) < 4.78 is 4.13. The van der Waals surface area contributed by atoms with E-state index in [1.165, 1.54) is 53.0 Å². The molecule has 0 N–H and O–H groups in total. The van der Waals surface area contributed by atoms with Gasteiger partial charge < -0.3 is 24.8 Å². The molecule has 0 aromatic heterocycles. The quantitative estimate of drug-likeness (QED) is 0.300. The van der Waals surface area contributed by atoms with Crippen LogP contribution in [0.4, 0.5) is 0 Å². The molecule has 0 saturated heterocycles. The number of halogens is 4. The third kappa shape index (κ3) is 3.11. The van der Waals surface area contributed by atoms with Gasteiger partial charge in [0, 0.05) is 0 Å². The van der Waals surface area contributed by atoms with Crippen molar-refractivity contribution in [3.8, 4) is 0 Å². The van der Waals surface area contributed by atoms with Crippen molar-refractivity contribution in [3.05, 3.63) is 73.6 Å². The van der Waals surface area contributed by atoms with Crippen molar-refractivity contribution in [2.75, 3.05) is 0 Å². The zero-order valence-corrected chi connectivity index (χ0v) is 24.6. The Morgan fingerprint density at radius 3 is 2.23 bits per heavy atom. The Morgan fingerprint density at radius 1 is 0.767 bits per heavy atom. The van der Waals surface area contributed by atoms with Crippen LogP contribution in [0.5, 0.6) is 0 Å². The average molecular weight is 692 g/mol. The minimum Gasteiger partial charge on any atom is -1.00 e. The van der Waals surface area contributed by atoms with Crippen LogP contribution in [0.15, 0.2) is 62.6 Å². The van der Waals surface area contributed by atoms with Crippen molar-refractivity contribution in [2.24, 2.45) is 0 Å². The van der Waals surface area contributed by atoms with E-state index in [4.69, 9.17) is 0 Å². The Hall–Kier alpha value is 0.873. The molecule has 2 aromatic carbocycles. The molecule has 0 fully saturated rings. The first kappa shape index (κ1) is 22.7. The number of thioether (sulfide) groups is 2. The van der Waals surface area contributed by atoms with Crippen LogP contribution in [-0.4, -0.2) is 8.32 Å². The van der Waals surface area contributed by atoms with E-state index in [2.05, 4.69) is 104 Å². The molecule has 3 heterocycles. The number of benzene rings is 2. The maximum Gasteiger partial charge on any atom is -1.00 e. The molecular weight excluding hydrogens is 682 g/mol. The van der Waals surface area contributed by atoms with E-state index >= 15 is 0 Å². The Morgan fingerprint density at radius 2 is 1.43 bits per heavy atom. The molecule has 0 saturated carbocycles. The van der Waals surface area contributed by atoms with Gasteiger partial charge in [0.2, 0.25) is 0 Å². The Kier molecular flexibility index (Phi) is 6.25. The molecule has 2 aromatic rings. The summed E-state index contributed by atoms with van der Waals surface area (Å²) in [7, 11) is 0. The van der Waals surface area contributed by atoms with Gasteiger partial charge in [0.15, 0.2) is 0 Å². The average Bonchev–Trinajstić information content (AvgIpc) is 3.38. The summed E-state index contributed by atoms with van der Waals surface area (Å²) in [5.41, 5.74) is 6.09. The molecule has 2 atom stereocenters. The summed E-state index contributed by atoms with van der Waals surface area (Å²) in [6.07, 6.45) is 4.94. The first-order chi connectivity index (χ1) is 13.7. The van der Waals surface area contributed by atoms with Crippen LogP contribution in [0.3, 0.4) is 0 Å². The first-order valence-corrected chi connectivity index (χ1v) is 15.8. The molecule has 5 aliphatic rings. The van der Waals surface area contributed by atoms with E-state index in [0.717, 1.165) is 0 Å². The van der Waals surface area contributed by atoms with E-state index in [1.807, 2.05) is 11.8 Å². The van der Waals surface area contributed by atoms with Gasteiger partial charge in [0.05, 0.1) is 0 Å². The molecule has 7 rings (SSSR count). The summed E-state index contributed by atoms with van der Waals surface area (Å²) in [4.78, 5) is 2.77. The van der Waals surface area contributed by atoms with Crippen molar-refractivity contribution in [1.29, 1.82) is 0 Å². The monoisotopic (exact) mass is 688 g/mol. The maximum atomic E-state index is 4.01. The fourth-order valence-electron chi connectivity index (χ4n) is 4.52. The summed E-state index contributed by atoms with van der Waals surface area (Å²) in [5, 5.41) is 5.71. The van der Waals surface area contributed by atoms with Crippen LogP contribution in [0.25, 0.3) is 23.3 Å². The summed E-state index contributed by atoms with van der Waals surface area (Å²) in [6, 6.07) is 13.7. The van der Waals surface area contributed by atoms with Crippen LogP contribution in [0.2, 0.25) is 0 Å². The molecule has 3 aliphatic heterocycles. The van der Waals surface area contributed by atoms with Crippen LogP contribution < -0.4 is 45.7 Å². The molecule has 2 unspecified atom stereocenters. The van der Waals surface area contributed by atoms with Gasteiger partial charge in [-0.2, -0.15) is 0 Å². The molecule has 6 bridgehead atoms. The largest absolute Gasteiger partial charge is 1.00 e. The number of hydrogen-bond donors (Lipinski definition) is 0. The van der Waals surface area contributed by atoms with E-state index in [-0.39, 0.29) is 24.8 Å². The Labute approximate surface area is 227 Å². The van der Waals surface area contributed by atoms with Crippen molar-refractivity contribution in [3.63, 3.8) is 0 Å². The van der Waals surface area contributed by atoms with E-state index in [9.17, 15) is 0 Å². The van der Waals surface area contributed by atoms with Crippen molar-refractivity contribution < 1.29 is 48.0 Å². The molecule has 2 aliphatic carbocycles. The topological polar surface area (TPSA) is 0 Å². The molecule has 0 spiro atoms. The number of alkyl halides is 2. The third-order valence-electron chi connectivity index (χ3n) is 5.69. The molecular formula is C22H10Br2Cl2S3Zr. The van der Waals surface area contributed by atoms with Gasteiger partial charge in [-0.25, -0.2) is 0 Å². The Bertz CT molecular complexity index is 1460. The fraction of sp³-hybridized carbons (Fsp3) is 0.0909. The second-order valence-corrected chi connectivity index (χ2v) is 18.3. The van der Waals surface area contributed by atoms with Gasteiger partial charge in [0.1, 0.15) is 0 Å². The molecule has 0 nitrogen and oxygen atoms in total. The molecule has 148 valence electrons. The smallest absolute Gasteiger partial charge is 1.00 e. The van der Waals surface area contributed by atoms with Crippen LogP contribution >= 0.6 is 67.1 Å². The summed E-state index contributed by atoms with van der Waals surface area (Å²) >= 11 is 13.2. The normalized spacial score (nSPS) is 23.5. The zero-order valence-electron chi connectivity index (χ0n) is 15.0. The SMILES string of the molecule is BrC1S[C]2=C3C=c4c(cccc4=C31)Sc1cccc3c1=C1C(=[C](SC1Br)[Zr+2]2)C=3.[Cl-].[Cl-]. The van der Waals surface area contributed by atoms with Crippen LogP contribution in [-0.2, 0) is 23.2 Å². The van der Waals surface area contributed by atoms with E-state index in [1.54, 1.807) is 5.23 Å². The predicted octanol–water partition coefficient (Wildman–Crippen LogP) is -1.81. The Balaban J connectivity index is 0.000000963. The number of hydrogen-bond acceptors (Lipinski definition) is 3. The van der Waals surface area contributed by atoms with Gasteiger partial charge >= 0.3 is 205 Å². The third-order valence-corrected chi connectivity index (χ3v) is 16.0. The van der Waals surface area contributed by atoms with Gasteiger partial charge in [-0.1, -0.05) is 0 Å². The minimum absolute atomic E-state index is 0. The van der Waals surface area contributed by atoms with Crippen molar-refractivity contribution >= 4 is 90.4 Å². The first-order valence-electron chi connectivity index (χ1n) is 8.94. The summed E-state index contributed by atoms with van der Waals surface area (Å²) in [5.74, 6) is 0. The van der Waals surface area contributed by atoms with Crippen LogP contribution in [0, 0.1) is 0 Å². The second kappa shape index (κ2) is 8.27. The van der Waals surface area contributed by atoms with Crippen molar-refractivity contribution in [2.45, 2.75) is 18.1 Å². The minimum atomic E-state index is -0.854. The zero-order chi connectivity index (χ0) is 18.6. The van der Waals surface area contributed by atoms with Crippen LogP contribution in [0.1, 0.15) is 0 Å². The van der Waals surface area contributed by atoms with E-state index < -0.39 is 23.2 Å². The van der Waals surface area contributed by atoms with E-state index in [0.29, 0.717) is 8.32 Å². The van der Waals surface area contributed by atoms with Gasteiger partial charge in [-0.3, -0.25) is 0 Å². The molecule has 0 amide bonds. The second-order valence-electron chi connectivity index (χ2n) is 7.13. The standard InChI is InChI=1S/C22H10Br2S3.2ClH.Zr/c23-21-18-13(10-25-21)8-15-14(18)4-2-5-16(15)27-17-6-1-3-11-7-12-9-26-22(24)20(12)19(11)17;;;/h1-8,21-22H;2*1H;/q;;;+2/p-2. The van der Waals surface area contributed by atoms with Gasteiger partial charge in [-0.15, -0.1) is 0 Å². The molecule has 8 heteroatoms. The number of allylic oxidation sites excluding steroid dienone is 2. The molecule has 0 radical (unpaired) electrons. The predicted molar refractivity (Wildman–Crippen MR) is 126 cm³/mol. The van der Waals surface area contributed by atoms with Crippen molar-refractivity contribution in [1.82, 2.24) is 0 Å². The number of rotatable bonds is 0. The van der Waals surface area contributed by atoms with Gasteiger partial charge in [-0.05, 0) is 0 Å². The van der Waals surface area contributed by atoms with Gasteiger partial charge in [0.25, 0.3) is 0 Å².